The summed E-state index contributed by atoms with van der Waals surface area (Å²) in [6.07, 6.45) is 3.22. The Morgan fingerprint density at radius 3 is 2.43 bits per heavy atom. The van der Waals surface area contributed by atoms with E-state index >= 15 is 0 Å². The number of rotatable bonds is 5. The topological polar surface area (TPSA) is 98.0 Å². The molecule has 0 aliphatic rings. The second-order valence-corrected chi connectivity index (χ2v) is 6.64. The van der Waals surface area contributed by atoms with Gasteiger partial charge in [-0.25, -0.2) is 13.1 Å². The third-order valence-corrected chi connectivity index (χ3v) is 4.56. The summed E-state index contributed by atoms with van der Waals surface area (Å²) in [5.74, 6) is 0.504. The summed E-state index contributed by atoms with van der Waals surface area (Å²) in [5, 5.41) is 7.73. The molecule has 0 saturated carbocycles. The van der Waals surface area contributed by atoms with Gasteiger partial charge in [-0.2, -0.15) is 0 Å². The van der Waals surface area contributed by atoms with Crippen molar-refractivity contribution in [2.45, 2.75) is 18.4 Å². The Bertz CT molecular complexity index is 890. The predicted octanol–water partition coefficient (Wildman–Crippen LogP) is 1.92. The average Bonchev–Trinajstić information content (AvgIpc) is 3.03. The molecular formula is C15H14N4O3S. The van der Waals surface area contributed by atoms with Crippen molar-refractivity contribution in [1.29, 1.82) is 0 Å². The highest BCUT2D eigenvalue weighted by molar-refractivity contribution is 7.89. The first-order valence-electron chi connectivity index (χ1n) is 6.84. The van der Waals surface area contributed by atoms with Crippen molar-refractivity contribution in [3.05, 3.63) is 60.2 Å². The van der Waals surface area contributed by atoms with E-state index in [1.165, 1.54) is 0 Å². The molecule has 0 bridgehead atoms. The van der Waals surface area contributed by atoms with E-state index in [0.717, 1.165) is 11.1 Å². The Morgan fingerprint density at radius 1 is 1.04 bits per heavy atom. The van der Waals surface area contributed by atoms with Crippen LogP contribution in [0.3, 0.4) is 0 Å². The van der Waals surface area contributed by atoms with Gasteiger partial charge in [-0.15, -0.1) is 10.2 Å². The van der Waals surface area contributed by atoms with Gasteiger partial charge in [0, 0.05) is 18.0 Å². The van der Waals surface area contributed by atoms with E-state index in [9.17, 15) is 8.42 Å². The molecule has 0 radical (unpaired) electrons. The maximum absolute atomic E-state index is 12.2. The molecule has 8 heteroatoms. The molecule has 0 spiro atoms. The number of hydrogen-bond donors (Lipinski definition) is 1. The second-order valence-electron chi connectivity index (χ2n) is 4.87. The summed E-state index contributed by atoms with van der Waals surface area (Å²) in [7, 11) is -3.62. The number of nitrogens with zero attached hydrogens (tertiary/aromatic N) is 3. The minimum absolute atomic E-state index is 0.0751. The summed E-state index contributed by atoms with van der Waals surface area (Å²) in [5.41, 5.74) is 1.71. The third-order valence-electron chi connectivity index (χ3n) is 3.14. The van der Waals surface area contributed by atoms with Crippen LogP contribution in [0.15, 0.2) is 58.1 Å². The van der Waals surface area contributed by atoms with Gasteiger partial charge < -0.3 is 4.42 Å². The van der Waals surface area contributed by atoms with Crippen molar-refractivity contribution in [1.82, 2.24) is 19.9 Å². The molecule has 3 rings (SSSR count). The lowest BCUT2D eigenvalue weighted by Crippen LogP contribution is -2.23. The zero-order valence-electron chi connectivity index (χ0n) is 12.3. The molecule has 0 amide bonds. The number of sulfonamides is 1. The first-order valence-corrected chi connectivity index (χ1v) is 8.32. The molecule has 0 atom stereocenters. The Morgan fingerprint density at radius 2 is 1.74 bits per heavy atom. The quantitative estimate of drug-likeness (QED) is 0.767. The molecule has 0 fully saturated rings. The number of aryl methyl sites for hydroxylation is 1. The number of hydrogen-bond acceptors (Lipinski definition) is 6. The zero-order valence-corrected chi connectivity index (χ0v) is 13.1. The smallest absolute Gasteiger partial charge is 0.247 e. The Balaban J connectivity index is 1.71. The highest BCUT2D eigenvalue weighted by Crippen LogP contribution is 2.16. The van der Waals surface area contributed by atoms with Crippen LogP contribution in [0, 0.1) is 6.92 Å². The van der Waals surface area contributed by atoms with Crippen molar-refractivity contribution in [3.8, 4) is 11.5 Å². The zero-order chi connectivity index (χ0) is 16.3. The summed E-state index contributed by atoms with van der Waals surface area (Å²) >= 11 is 0. The van der Waals surface area contributed by atoms with Gasteiger partial charge in [0.25, 0.3) is 0 Å². The van der Waals surface area contributed by atoms with Gasteiger partial charge in [-0.05, 0) is 31.2 Å². The van der Waals surface area contributed by atoms with E-state index in [1.54, 1.807) is 48.8 Å². The molecular weight excluding hydrogens is 316 g/mol. The van der Waals surface area contributed by atoms with Crippen LogP contribution < -0.4 is 4.72 Å². The molecule has 3 aromatic rings. The molecule has 2 heterocycles. The van der Waals surface area contributed by atoms with Gasteiger partial charge >= 0.3 is 0 Å². The van der Waals surface area contributed by atoms with Crippen LogP contribution in [0.5, 0.6) is 0 Å². The lowest BCUT2D eigenvalue weighted by atomic mass is 10.2. The van der Waals surface area contributed by atoms with Gasteiger partial charge in [0.1, 0.15) is 0 Å². The summed E-state index contributed by atoms with van der Waals surface area (Å²) in [6, 6.07) is 10.0. The first kappa shape index (κ1) is 15.3. The van der Waals surface area contributed by atoms with Crippen molar-refractivity contribution >= 4 is 10.0 Å². The van der Waals surface area contributed by atoms with E-state index in [0.29, 0.717) is 5.89 Å². The van der Waals surface area contributed by atoms with Crippen LogP contribution in [-0.4, -0.2) is 23.6 Å². The van der Waals surface area contributed by atoms with E-state index in [-0.39, 0.29) is 17.3 Å². The molecule has 7 nitrogen and oxygen atoms in total. The van der Waals surface area contributed by atoms with Crippen molar-refractivity contribution in [2.75, 3.05) is 0 Å². The minimum Gasteiger partial charge on any atom is -0.419 e. The summed E-state index contributed by atoms with van der Waals surface area (Å²) in [4.78, 5) is 4.10. The Hall–Kier alpha value is -2.58. The summed E-state index contributed by atoms with van der Waals surface area (Å²) in [6.45, 7) is 1.82. The van der Waals surface area contributed by atoms with Crippen LogP contribution in [0.25, 0.3) is 11.5 Å². The van der Waals surface area contributed by atoms with Crippen molar-refractivity contribution < 1.29 is 12.8 Å². The molecule has 23 heavy (non-hydrogen) atoms. The molecule has 1 N–H and O–H groups in total. The normalized spacial score (nSPS) is 11.5. The molecule has 0 aliphatic heterocycles. The van der Waals surface area contributed by atoms with E-state index in [1.807, 2.05) is 6.92 Å². The van der Waals surface area contributed by atoms with E-state index in [2.05, 4.69) is 19.9 Å². The average molecular weight is 330 g/mol. The highest BCUT2D eigenvalue weighted by Gasteiger charge is 2.16. The fourth-order valence-electron chi connectivity index (χ4n) is 1.89. The van der Waals surface area contributed by atoms with E-state index < -0.39 is 10.0 Å². The molecule has 0 aliphatic carbocycles. The van der Waals surface area contributed by atoms with Crippen LogP contribution in [0.1, 0.15) is 11.5 Å². The molecule has 118 valence electrons. The number of pyridine rings is 1. The van der Waals surface area contributed by atoms with Crippen molar-refractivity contribution in [3.63, 3.8) is 0 Å². The lowest BCUT2D eigenvalue weighted by Gasteiger charge is -2.04. The highest BCUT2D eigenvalue weighted by atomic mass is 32.2. The largest absolute Gasteiger partial charge is 0.419 e. The van der Waals surface area contributed by atoms with Crippen LogP contribution >= 0.6 is 0 Å². The Kier molecular flexibility index (Phi) is 4.18. The van der Waals surface area contributed by atoms with Gasteiger partial charge in [-0.1, -0.05) is 17.7 Å². The second kappa shape index (κ2) is 6.27. The van der Waals surface area contributed by atoms with Gasteiger partial charge in [0.15, 0.2) is 0 Å². The first-order chi connectivity index (χ1) is 11.0. The fourth-order valence-corrected chi connectivity index (χ4v) is 2.87. The molecule has 0 saturated heterocycles. The van der Waals surface area contributed by atoms with Gasteiger partial charge in [0.2, 0.25) is 21.8 Å². The molecule has 1 aromatic carbocycles. The lowest BCUT2D eigenvalue weighted by molar-refractivity contribution is 0.494. The van der Waals surface area contributed by atoms with E-state index in [4.69, 9.17) is 4.42 Å². The SMILES string of the molecule is Cc1ccc(S(=O)(=O)NCc2nnc(-c3ccncc3)o2)cc1. The fraction of sp³-hybridized carbons (Fsp3) is 0.133. The number of benzene rings is 1. The monoisotopic (exact) mass is 330 g/mol. The molecule has 2 aromatic heterocycles. The third kappa shape index (κ3) is 3.61. The number of aromatic nitrogens is 3. The molecule has 0 unspecified atom stereocenters. The Labute approximate surface area is 133 Å². The maximum Gasteiger partial charge on any atom is 0.247 e. The number of nitrogens with one attached hydrogen (secondary N) is 1. The van der Waals surface area contributed by atoms with Crippen LogP contribution in [0.4, 0.5) is 0 Å². The maximum atomic E-state index is 12.2. The summed E-state index contributed by atoms with van der Waals surface area (Å²) < 4.78 is 32.3. The standard InChI is InChI=1S/C15H14N4O3S/c1-11-2-4-13(5-3-11)23(20,21)17-10-14-18-19-15(22-14)12-6-8-16-9-7-12/h2-9,17H,10H2,1H3. The minimum atomic E-state index is -3.62. The predicted molar refractivity (Wildman–Crippen MR) is 82.7 cm³/mol. The van der Waals surface area contributed by atoms with Crippen molar-refractivity contribution in [2.24, 2.45) is 0 Å². The van der Waals surface area contributed by atoms with Crippen LogP contribution in [0.2, 0.25) is 0 Å². The van der Waals surface area contributed by atoms with Gasteiger partial charge in [-0.3, -0.25) is 4.98 Å². The van der Waals surface area contributed by atoms with Gasteiger partial charge in [0.05, 0.1) is 11.4 Å². The van der Waals surface area contributed by atoms with Crippen LogP contribution in [-0.2, 0) is 16.6 Å².